The van der Waals surface area contributed by atoms with Crippen molar-refractivity contribution in [3.05, 3.63) is 80.3 Å². The van der Waals surface area contributed by atoms with Crippen LogP contribution in [0, 0.1) is 11.3 Å². The van der Waals surface area contributed by atoms with Crippen molar-refractivity contribution < 1.29 is 28.6 Å². The molecule has 1 heterocycles. The van der Waals surface area contributed by atoms with E-state index in [9.17, 15) is 19.6 Å². The molecule has 8 nitrogen and oxygen atoms in total. The number of ether oxygens (including phenoxy) is 3. The van der Waals surface area contributed by atoms with Crippen molar-refractivity contribution in [1.82, 2.24) is 0 Å². The second-order valence-electron chi connectivity index (χ2n) is 7.00. The Morgan fingerprint density at radius 1 is 1.19 bits per heavy atom. The quantitative estimate of drug-likeness (QED) is 0.506. The minimum absolute atomic E-state index is 0.00800. The molecule has 2 N–H and O–H groups in total. The number of carbonyl (C=O) groups is 3. The minimum atomic E-state index is -0.995. The molecule has 0 saturated heterocycles. The standard InChI is InChI=1S/C23H15BrN2O6/c1-10(27)31-21-15(24)7-11(8-16(21)30-2)17-14(9-25)23(26)32-22-18(17)19(28)12-5-3-4-6-13(12)20(22)29/h3-8,17H,26H2,1-2H3/t17-/m1/s1. The van der Waals surface area contributed by atoms with Crippen LogP contribution in [-0.4, -0.2) is 24.6 Å². The highest BCUT2D eigenvalue weighted by molar-refractivity contribution is 9.10. The summed E-state index contributed by atoms with van der Waals surface area (Å²) in [5, 5.41) is 9.80. The lowest BCUT2D eigenvalue weighted by atomic mass is 9.75. The summed E-state index contributed by atoms with van der Waals surface area (Å²) < 4.78 is 16.4. The Hall–Kier alpha value is -3.90. The number of methoxy groups -OCH3 is 1. The summed E-state index contributed by atoms with van der Waals surface area (Å²) in [5.74, 6) is -2.65. The Bertz CT molecular complexity index is 1320. The molecule has 1 aliphatic heterocycles. The Labute approximate surface area is 191 Å². The van der Waals surface area contributed by atoms with Gasteiger partial charge in [0, 0.05) is 18.1 Å². The van der Waals surface area contributed by atoms with Crippen LogP contribution in [0.3, 0.4) is 0 Å². The molecular weight excluding hydrogens is 480 g/mol. The van der Waals surface area contributed by atoms with Gasteiger partial charge in [-0.25, -0.2) is 0 Å². The maximum atomic E-state index is 13.4. The van der Waals surface area contributed by atoms with Gasteiger partial charge in [-0.2, -0.15) is 5.26 Å². The smallest absolute Gasteiger partial charge is 0.308 e. The van der Waals surface area contributed by atoms with Gasteiger partial charge in [0.05, 0.1) is 23.1 Å². The fourth-order valence-electron chi connectivity index (χ4n) is 3.79. The zero-order chi connectivity index (χ0) is 23.2. The second-order valence-corrected chi connectivity index (χ2v) is 7.85. The van der Waals surface area contributed by atoms with Crippen molar-refractivity contribution in [2.24, 2.45) is 5.73 Å². The Morgan fingerprint density at radius 2 is 1.84 bits per heavy atom. The molecule has 32 heavy (non-hydrogen) atoms. The maximum absolute atomic E-state index is 13.4. The molecule has 1 atom stereocenters. The molecule has 0 radical (unpaired) electrons. The van der Waals surface area contributed by atoms with Crippen LogP contribution >= 0.6 is 15.9 Å². The predicted octanol–water partition coefficient (Wildman–Crippen LogP) is 3.52. The van der Waals surface area contributed by atoms with Crippen molar-refractivity contribution in [1.29, 1.82) is 5.26 Å². The number of rotatable bonds is 3. The van der Waals surface area contributed by atoms with Gasteiger partial charge in [-0.1, -0.05) is 24.3 Å². The SMILES string of the molecule is COc1cc([C@@H]2C(C#N)=C(N)OC3=C2C(=O)c2ccccc2C3=O)cc(Br)c1OC(C)=O. The molecule has 160 valence electrons. The number of Topliss-reactive ketones (excluding diaryl/α,β-unsaturated/α-hetero) is 2. The molecule has 0 unspecified atom stereocenters. The molecule has 2 aromatic carbocycles. The summed E-state index contributed by atoms with van der Waals surface area (Å²) in [5.41, 5.74) is 6.79. The highest BCUT2D eigenvalue weighted by Gasteiger charge is 2.44. The third-order valence-corrected chi connectivity index (χ3v) is 5.71. The van der Waals surface area contributed by atoms with Gasteiger partial charge in [0.25, 0.3) is 0 Å². The fourth-order valence-corrected chi connectivity index (χ4v) is 4.33. The molecule has 1 aliphatic carbocycles. The van der Waals surface area contributed by atoms with Gasteiger partial charge in [0.2, 0.25) is 11.7 Å². The van der Waals surface area contributed by atoms with Gasteiger partial charge in [0.1, 0.15) is 11.6 Å². The van der Waals surface area contributed by atoms with Crippen molar-refractivity contribution in [3.8, 4) is 17.6 Å². The van der Waals surface area contributed by atoms with E-state index in [0.717, 1.165) is 0 Å². The molecule has 0 aromatic heterocycles. The zero-order valence-corrected chi connectivity index (χ0v) is 18.5. The molecule has 0 fully saturated rings. The topological polar surface area (TPSA) is 129 Å². The second kappa shape index (κ2) is 7.98. The van der Waals surface area contributed by atoms with E-state index in [0.29, 0.717) is 10.0 Å². The number of nitrogens with two attached hydrogens (primary N) is 1. The zero-order valence-electron chi connectivity index (χ0n) is 16.9. The molecular formula is C23H15BrN2O6. The van der Waals surface area contributed by atoms with E-state index in [2.05, 4.69) is 15.9 Å². The number of nitriles is 1. The molecule has 0 amide bonds. The van der Waals surface area contributed by atoms with Crippen molar-refractivity contribution >= 4 is 33.5 Å². The molecule has 4 rings (SSSR count). The number of nitrogens with zero attached hydrogens (tertiary/aromatic N) is 1. The first-order chi connectivity index (χ1) is 15.3. The van der Waals surface area contributed by atoms with Crippen LogP contribution in [0.25, 0.3) is 0 Å². The van der Waals surface area contributed by atoms with Crippen molar-refractivity contribution in [2.45, 2.75) is 12.8 Å². The highest BCUT2D eigenvalue weighted by atomic mass is 79.9. The number of allylic oxidation sites excluding steroid dienone is 3. The lowest BCUT2D eigenvalue weighted by Gasteiger charge is -2.31. The number of hydrogen-bond donors (Lipinski definition) is 1. The number of esters is 1. The van der Waals surface area contributed by atoms with Crippen LogP contribution in [0.15, 0.2) is 63.7 Å². The average Bonchev–Trinajstić information content (AvgIpc) is 2.77. The summed E-state index contributed by atoms with van der Waals surface area (Å²) in [6.45, 7) is 1.25. The largest absolute Gasteiger partial charge is 0.493 e. The minimum Gasteiger partial charge on any atom is -0.493 e. The average molecular weight is 495 g/mol. The first-order valence-corrected chi connectivity index (χ1v) is 10.1. The monoisotopic (exact) mass is 494 g/mol. The van der Waals surface area contributed by atoms with Crippen LogP contribution < -0.4 is 15.2 Å². The van der Waals surface area contributed by atoms with Gasteiger partial charge in [-0.15, -0.1) is 0 Å². The van der Waals surface area contributed by atoms with Gasteiger partial charge >= 0.3 is 5.97 Å². The summed E-state index contributed by atoms with van der Waals surface area (Å²) in [6, 6.07) is 11.5. The normalized spacial score (nSPS) is 17.2. The predicted molar refractivity (Wildman–Crippen MR) is 115 cm³/mol. The van der Waals surface area contributed by atoms with Gasteiger partial charge in [-0.3, -0.25) is 14.4 Å². The number of carbonyl (C=O) groups excluding carboxylic acids is 3. The van der Waals surface area contributed by atoms with Gasteiger partial charge < -0.3 is 19.9 Å². The summed E-state index contributed by atoms with van der Waals surface area (Å²) in [7, 11) is 1.38. The number of benzene rings is 2. The lowest BCUT2D eigenvalue weighted by molar-refractivity contribution is -0.132. The Morgan fingerprint density at radius 3 is 2.44 bits per heavy atom. The lowest BCUT2D eigenvalue weighted by Crippen LogP contribution is -2.32. The van der Waals surface area contributed by atoms with Crippen LogP contribution in [-0.2, 0) is 9.53 Å². The molecule has 2 aromatic rings. The van der Waals surface area contributed by atoms with Crippen LogP contribution in [0.1, 0.15) is 39.1 Å². The third-order valence-electron chi connectivity index (χ3n) is 5.12. The fraction of sp³-hybridized carbons (Fsp3) is 0.130. The van der Waals surface area contributed by atoms with Crippen LogP contribution in [0.5, 0.6) is 11.5 Å². The number of hydrogen-bond acceptors (Lipinski definition) is 8. The Kier molecular flexibility index (Phi) is 5.32. The molecule has 0 saturated carbocycles. The molecule has 9 heteroatoms. The molecule has 0 bridgehead atoms. The van der Waals surface area contributed by atoms with E-state index in [-0.39, 0.29) is 45.4 Å². The number of halogens is 1. The molecule has 0 spiro atoms. The number of fused-ring (bicyclic) bond motifs is 1. The van der Waals surface area contributed by atoms with Crippen molar-refractivity contribution in [3.63, 3.8) is 0 Å². The molecule has 2 aliphatic rings. The third kappa shape index (κ3) is 3.25. The summed E-state index contributed by atoms with van der Waals surface area (Å²) in [4.78, 5) is 38.0. The first-order valence-electron chi connectivity index (χ1n) is 9.34. The first kappa shape index (κ1) is 21.3. The van der Waals surface area contributed by atoms with Crippen LogP contribution in [0.4, 0.5) is 0 Å². The van der Waals surface area contributed by atoms with E-state index in [4.69, 9.17) is 19.9 Å². The summed E-state index contributed by atoms with van der Waals surface area (Å²) in [6.07, 6.45) is 0. The van der Waals surface area contributed by atoms with E-state index in [1.54, 1.807) is 24.3 Å². The van der Waals surface area contributed by atoms with Gasteiger partial charge in [0.15, 0.2) is 23.0 Å². The van der Waals surface area contributed by atoms with E-state index < -0.39 is 23.5 Å². The van der Waals surface area contributed by atoms with Gasteiger partial charge in [-0.05, 0) is 33.6 Å². The maximum Gasteiger partial charge on any atom is 0.308 e. The van der Waals surface area contributed by atoms with Crippen molar-refractivity contribution in [2.75, 3.05) is 7.11 Å². The van der Waals surface area contributed by atoms with E-state index in [1.807, 2.05) is 6.07 Å². The highest BCUT2D eigenvalue weighted by Crippen LogP contribution is 2.47. The Balaban J connectivity index is 1.96. The summed E-state index contributed by atoms with van der Waals surface area (Å²) >= 11 is 3.35. The van der Waals surface area contributed by atoms with E-state index >= 15 is 0 Å². The van der Waals surface area contributed by atoms with E-state index in [1.165, 1.54) is 26.2 Å². The van der Waals surface area contributed by atoms with Crippen LogP contribution in [0.2, 0.25) is 0 Å². The number of ketones is 2.